The number of nitrogens with zero attached hydrogens (tertiary/aromatic N) is 3. The Labute approximate surface area is 172 Å². The standard InChI is InChI=1S/C23H29N3O3/c27-23(26-11-13-28-14-12-26)18-29-22-6-4-19(5-7-22)16-25-10-8-20(17-25)15-21-3-1-2-9-24-21/h1-7,9,20H,8,10-18H2. The molecule has 2 aromatic rings. The topological polar surface area (TPSA) is 54.9 Å². The molecule has 0 N–H and O–H groups in total. The van der Waals surface area contributed by atoms with Gasteiger partial charge >= 0.3 is 0 Å². The maximum Gasteiger partial charge on any atom is 0.260 e. The quantitative estimate of drug-likeness (QED) is 0.721. The number of hydrogen-bond donors (Lipinski definition) is 0. The second-order valence-electron chi connectivity index (χ2n) is 7.84. The first-order chi connectivity index (χ1) is 14.3. The molecule has 1 amide bonds. The van der Waals surface area contributed by atoms with Crippen LogP contribution in [0.1, 0.15) is 17.7 Å². The lowest BCUT2D eigenvalue weighted by Crippen LogP contribution is -2.42. The molecule has 1 aromatic carbocycles. The number of benzene rings is 1. The smallest absolute Gasteiger partial charge is 0.260 e. The monoisotopic (exact) mass is 395 g/mol. The van der Waals surface area contributed by atoms with Crippen LogP contribution in [0.2, 0.25) is 0 Å². The number of amides is 1. The molecule has 6 nitrogen and oxygen atoms in total. The van der Waals surface area contributed by atoms with E-state index < -0.39 is 0 Å². The molecule has 1 aromatic heterocycles. The van der Waals surface area contributed by atoms with Gasteiger partial charge in [0.2, 0.25) is 0 Å². The van der Waals surface area contributed by atoms with Gasteiger partial charge in [-0.25, -0.2) is 0 Å². The maximum absolute atomic E-state index is 12.2. The van der Waals surface area contributed by atoms with Gasteiger partial charge < -0.3 is 14.4 Å². The number of morpholine rings is 1. The van der Waals surface area contributed by atoms with Crippen molar-refractivity contribution in [3.8, 4) is 5.75 Å². The molecule has 0 aliphatic carbocycles. The molecule has 2 aliphatic heterocycles. The Bertz CT molecular complexity index is 776. The third kappa shape index (κ3) is 5.78. The SMILES string of the molecule is O=C(COc1ccc(CN2CCC(Cc3ccccn3)C2)cc1)N1CCOCC1. The van der Waals surface area contributed by atoms with Crippen LogP contribution in [0, 0.1) is 5.92 Å². The highest BCUT2D eigenvalue weighted by Crippen LogP contribution is 2.22. The van der Waals surface area contributed by atoms with Gasteiger partial charge in [0.1, 0.15) is 5.75 Å². The van der Waals surface area contributed by atoms with Crippen LogP contribution >= 0.6 is 0 Å². The second-order valence-corrected chi connectivity index (χ2v) is 7.84. The summed E-state index contributed by atoms with van der Waals surface area (Å²) in [5, 5.41) is 0. The molecule has 0 bridgehead atoms. The van der Waals surface area contributed by atoms with E-state index in [0.29, 0.717) is 32.2 Å². The van der Waals surface area contributed by atoms with Crippen molar-refractivity contribution < 1.29 is 14.3 Å². The number of pyridine rings is 1. The third-order valence-electron chi connectivity index (χ3n) is 5.65. The molecule has 0 saturated carbocycles. The average Bonchev–Trinajstić information content (AvgIpc) is 3.21. The Hall–Kier alpha value is -2.44. The summed E-state index contributed by atoms with van der Waals surface area (Å²) in [5.74, 6) is 1.44. The first kappa shape index (κ1) is 19.9. The molecule has 4 rings (SSSR count). The van der Waals surface area contributed by atoms with E-state index in [0.717, 1.165) is 31.8 Å². The normalized spacial score (nSPS) is 20.0. The Morgan fingerprint density at radius 3 is 2.69 bits per heavy atom. The Balaban J connectivity index is 1.21. The van der Waals surface area contributed by atoms with Gasteiger partial charge in [-0.1, -0.05) is 18.2 Å². The Morgan fingerprint density at radius 1 is 1.10 bits per heavy atom. The average molecular weight is 396 g/mol. The summed E-state index contributed by atoms with van der Waals surface area (Å²) >= 11 is 0. The predicted octanol–water partition coefficient (Wildman–Crippen LogP) is 2.38. The van der Waals surface area contributed by atoms with Gasteiger partial charge in [-0.05, 0) is 55.1 Å². The molecule has 2 fully saturated rings. The number of carbonyl (C=O) groups is 1. The lowest BCUT2D eigenvalue weighted by Gasteiger charge is -2.26. The van der Waals surface area contributed by atoms with E-state index >= 15 is 0 Å². The van der Waals surface area contributed by atoms with Crippen LogP contribution in [0.5, 0.6) is 5.75 Å². The summed E-state index contributed by atoms with van der Waals surface area (Å²) in [5.41, 5.74) is 2.46. The molecule has 0 radical (unpaired) electrons. The predicted molar refractivity (Wildman–Crippen MR) is 111 cm³/mol. The first-order valence-corrected chi connectivity index (χ1v) is 10.5. The summed E-state index contributed by atoms with van der Waals surface area (Å²) in [4.78, 5) is 20.9. The van der Waals surface area contributed by atoms with E-state index in [1.165, 1.54) is 17.7 Å². The van der Waals surface area contributed by atoms with Crippen LogP contribution in [0.4, 0.5) is 0 Å². The first-order valence-electron chi connectivity index (χ1n) is 10.5. The highest BCUT2D eigenvalue weighted by Gasteiger charge is 2.23. The van der Waals surface area contributed by atoms with Gasteiger partial charge in [0.15, 0.2) is 6.61 Å². The van der Waals surface area contributed by atoms with Gasteiger partial charge in [-0.3, -0.25) is 14.7 Å². The van der Waals surface area contributed by atoms with Crippen molar-refractivity contribution in [2.75, 3.05) is 46.0 Å². The minimum atomic E-state index is 0.0217. The molecule has 1 unspecified atom stereocenters. The van der Waals surface area contributed by atoms with Crippen molar-refractivity contribution in [2.24, 2.45) is 5.92 Å². The highest BCUT2D eigenvalue weighted by molar-refractivity contribution is 5.77. The summed E-state index contributed by atoms with van der Waals surface area (Å²) < 4.78 is 11.0. The molecule has 154 valence electrons. The molecule has 1 atom stereocenters. The molecule has 29 heavy (non-hydrogen) atoms. The number of rotatable bonds is 7. The summed E-state index contributed by atoms with van der Waals surface area (Å²) in [6.07, 6.45) is 4.16. The summed E-state index contributed by atoms with van der Waals surface area (Å²) in [6.45, 7) is 5.80. The van der Waals surface area contributed by atoms with Crippen molar-refractivity contribution >= 4 is 5.91 Å². The van der Waals surface area contributed by atoms with Crippen LogP contribution in [-0.2, 0) is 22.5 Å². The number of ether oxygens (including phenoxy) is 2. The van der Waals surface area contributed by atoms with E-state index in [-0.39, 0.29) is 12.5 Å². The van der Waals surface area contributed by atoms with Crippen LogP contribution in [0.15, 0.2) is 48.7 Å². The zero-order valence-corrected chi connectivity index (χ0v) is 16.8. The fourth-order valence-corrected chi connectivity index (χ4v) is 4.04. The van der Waals surface area contributed by atoms with Gasteiger partial charge in [0.25, 0.3) is 5.91 Å². The maximum atomic E-state index is 12.2. The van der Waals surface area contributed by atoms with Crippen molar-refractivity contribution in [1.29, 1.82) is 0 Å². The molecule has 6 heteroatoms. The van der Waals surface area contributed by atoms with Crippen molar-refractivity contribution in [3.05, 3.63) is 59.9 Å². The largest absolute Gasteiger partial charge is 0.484 e. The number of likely N-dealkylation sites (tertiary alicyclic amines) is 1. The molecular formula is C23H29N3O3. The zero-order chi connectivity index (χ0) is 19.9. The van der Waals surface area contributed by atoms with Gasteiger partial charge in [-0.15, -0.1) is 0 Å². The van der Waals surface area contributed by atoms with Crippen LogP contribution < -0.4 is 4.74 Å². The second kappa shape index (κ2) is 9.85. The van der Waals surface area contributed by atoms with Crippen LogP contribution in [0.25, 0.3) is 0 Å². The van der Waals surface area contributed by atoms with Crippen molar-refractivity contribution in [1.82, 2.24) is 14.8 Å². The van der Waals surface area contributed by atoms with Crippen LogP contribution in [0.3, 0.4) is 0 Å². The fourth-order valence-electron chi connectivity index (χ4n) is 4.04. The van der Waals surface area contributed by atoms with Crippen molar-refractivity contribution in [3.63, 3.8) is 0 Å². The van der Waals surface area contributed by atoms with Gasteiger partial charge in [-0.2, -0.15) is 0 Å². The Kier molecular flexibility index (Phi) is 6.75. The lowest BCUT2D eigenvalue weighted by atomic mass is 10.0. The number of aromatic nitrogens is 1. The fraction of sp³-hybridized carbons (Fsp3) is 0.478. The van der Waals surface area contributed by atoms with E-state index in [2.05, 4.69) is 34.1 Å². The van der Waals surface area contributed by atoms with Crippen LogP contribution in [-0.4, -0.2) is 66.7 Å². The lowest BCUT2D eigenvalue weighted by molar-refractivity contribution is -0.137. The molecule has 2 aliphatic rings. The highest BCUT2D eigenvalue weighted by atomic mass is 16.5. The number of hydrogen-bond acceptors (Lipinski definition) is 5. The van der Waals surface area contributed by atoms with Crippen molar-refractivity contribution in [2.45, 2.75) is 19.4 Å². The van der Waals surface area contributed by atoms with E-state index in [9.17, 15) is 4.79 Å². The zero-order valence-electron chi connectivity index (χ0n) is 16.8. The van der Waals surface area contributed by atoms with Gasteiger partial charge in [0.05, 0.1) is 13.2 Å². The van der Waals surface area contributed by atoms with E-state index in [4.69, 9.17) is 9.47 Å². The molecular weight excluding hydrogens is 366 g/mol. The summed E-state index contributed by atoms with van der Waals surface area (Å²) in [7, 11) is 0. The number of carbonyl (C=O) groups excluding carboxylic acids is 1. The van der Waals surface area contributed by atoms with E-state index in [1.54, 1.807) is 4.90 Å². The minimum Gasteiger partial charge on any atom is -0.484 e. The molecule has 0 spiro atoms. The molecule has 3 heterocycles. The minimum absolute atomic E-state index is 0.0217. The third-order valence-corrected chi connectivity index (χ3v) is 5.65. The summed E-state index contributed by atoms with van der Waals surface area (Å²) in [6, 6.07) is 14.3. The molecule has 2 saturated heterocycles. The van der Waals surface area contributed by atoms with Gasteiger partial charge in [0, 0.05) is 38.1 Å². The Morgan fingerprint density at radius 2 is 1.93 bits per heavy atom. The van der Waals surface area contributed by atoms with E-state index in [1.807, 2.05) is 24.4 Å².